The van der Waals surface area contributed by atoms with Gasteiger partial charge in [0.15, 0.2) is 0 Å². The highest BCUT2D eigenvalue weighted by atomic mass is 16.5. The number of nitrogens with zero attached hydrogens (tertiary/aromatic N) is 1. The molecule has 3 aliphatic rings. The Morgan fingerprint density at radius 1 is 1.00 bits per heavy atom. The maximum atomic E-state index is 12.9. The third kappa shape index (κ3) is 4.57. The van der Waals surface area contributed by atoms with Crippen LogP contribution in [-0.4, -0.2) is 37.6 Å². The zero-order chi connectivity index (χ0) is 24.4. The fourth-order valence-electron chi connectivity index (χ4n) is 5.92. The molecule has 0 spiro atoms. The number of amides is 1. The number of esters is 1. The number of rotatable bonds is 4. The molecule has 1 amide bonds. The van der Waals surface area contributed by atoms with E-state index in [2.05, 4.69) is 48.6 Å². The van der Waals surface area contributed by atoms with Gasteiger partial charge in [-0.2, -0.15) is 0 Å². The fourth-order valence-corrected chi connectivity index (χ4v) is 5.92. The molecule has 2 aliphatic heterocycles. The minimum absolute atomic E-state index is 0.0427. The Morgan fingerprint density at radius 3 is 2.49 bits per heavy atom. The van der Waals surface area contributed by atoms with E-state index in [0.29, 0.717) is 12.5 Å². The minimum atomic E-state index is -0.398. The normalized spacial score (nSPS) is 21.0. The lowest BCUT2D eigenvalue weighted by Gasteiger charge is -2.32. The Labute approximate surface area is 207 Å². The van der Waals surface area contributed by atoms with Crippen molar-refractivity contribution in [1.29, 1.82) is 0 Å². The van der Waals surface area contributed by atoms with Crippen molar-refractivity contribution in [2.24, 2.45) is 0 Å². The van der Waals surface area contributed by atoms with E-state index in [-0.39, 0.29) is 24.3 Å². The predicted molar refractivity (Wildman–Crippen MR) is 140 cm³/mol. The van der Waals surface area contributed by atoms with E-state index in [9.17, 15) is 9.59 Å². The quantitative estimate of drug-likeness (QED) is 0.524. The second-order valence-electron chi connectivity index (χ2n) is 9.78. The molecule has 1 N–H and O–H groups in total. The molecule has 2 atom stereocenters. The van der Waals surface area contributed by atoms with Crippen molar-refractivity contribution in [1.82, 2.24) is 5.32 Å². The van der Waals surface area contributed by atoms with Crippen molar-refractivity contribution in [2.45, 2.75) is 57.4 Å². The maximum absolute atomic E-state index is 12.9. The van der Waals surface area contributed by atoms with Crippen LogP contribution in [-0.2, 0) is 20.7 Å². The Balaban J connectivity index is 0.000000164. The number of carbonyl (C=O) groups is 2. The third-order valence-electron chi connectivity index (χ3n) is 7.54. The van der Waals surface area contributed by atoms with Crippen molar-refractivity contribution in [3.8, 4) is 0 Å². The Hall–Kier alpha value is -3.18. The van der Waals surface area contributed by atoms with Gasteiger partial charge in [0, 0.05) is 11.7 Å². The fraction of sp³-hybridized carbons (Fsp3) is 0.400. The Bertz CT molecular complexity index is 1230. The summed E-state index contributed by atoms with van der Waals surface area (Å²) in [5, 5.41) is 6.24. The smallest absolute Gasteiger partial charge is 0.306 e. The van der Waals surface area contributed by atoms with Crippen molar-refractivity contribution in [3.05, 3.63) is 77.4 Å². The Kier molecular flexibility index (Phi) is 6.87. The largest absolute Gasteiger partial charge is 0.466 e. The molecule has 0 saturated carbocycles. The number of hydrogen-bond acceptors (Lipinski definition) is 4. The van der Waals surface area contributed by atoms with Gasteiger partial charge in [-0.15, -0.1) is 0 Å². The number of anilines is 1. The maximum Gasteiger partial charge on any atom is 0.306 e. The highest BCUT2D eigenvalue weighted by molar-refractivity contribution is 6.07. The van der Waals surface area contributed by atoms with E-state index >= 15 is 0 Å². The van der Waals surface area contributed by atoms with Crippen molar-refractivity contribution >= 4 is 28.3 Å². The van der Waals surface area contributed by atoms with Gasteiger partial charge in [0.25, 0.3) is 0 Å². The number of ether oxygens (including phenoxy) is 1. The van der Waals surface area contributed by atoms with E-state index < -0.39 is 5.92 Å². The van der Waals surface area contributed by atoms with Crippen molar-refractivity contribution < 1.29 is 14.3 Å². The lowest BCUT2D eigenvalue weighted by molar-refractivity contribution is -0.144. The summed E-state index contributed by atoms with van der Waals surface area (Å²) in [6, 6.07) is 21.3. The molecule has 0 aromatic heterocycles. The topological polar surface area (TPSA) is 58.6 Å². The number of nitrogens with one attached hydrogen (secondary N) is 1. The molecule has 5 heteroatoms. The lowest BCUT2D eigenvalue weighted by atomic mass is 9.97. The summed E-state index contributed by atoms with van der Waals surface area (Å²) in [5.74, 6) is 0.0511. The first-order valence-electron chi connectivity index (χ1n) is 12.9. The zero-order valence-electron chi connectivity index (χ0n) is 20.6. The molecule has 3 aromatic carbocycles. The van der Waals surface area contributed by atoms with E-state index in [4.69, 9.17) is 4.74 Å². The molecular formula is C30H34N2O3. The van der Waals surface area contributed by atoms with Crippen LogP contribution in [0.1, 0.15) is 61.6 Å². The minimum Gasteiger partial charge on any atom is -0.466 e. The van der Waals surface area contributed by atoms with Crippen LogP contribution in [0, 0.1) is 0 Å². The molecule has 5 nitrogen and oxygen atoms in total. The molecule has 1 saturated heterocycles. The molecule has 6 rings (SSSR count). The number of piperidine rings is 1. The monoisotopic (exact) mass is 470 g/mol. The second kappa shape index (κ2) is 10.2. The molecule has 2 unspecified atom stereocenters. The van der Waals surface area contributed by atoms with Crippen LogP contribution >= 0.6 is 0 Å². The second-order valence-corrected chi connectivity index (χ2v) is 9.78. The zero-order valence-corrected chi connectivity index (χ0v) is 20.6. The molecule has 182 valence electrons. The number of fused-ring (bicyclic) bond motifs is 1. The van der Waals surface area contributed by atoms with Gasteiger partial charge in [-0.3, -0.25) is 9.59 Å². The third-order valence-corrected chi connectivity index (χ3v) is 7.54. The summed E-state index contributed by atoms with van der Waals surface area (Å²) in [6.07, 6.45) is 3.25. The highest BCUT2D eigenvalue weighted by Crippen LogP contribution is 2.41. The van der Waals surface area contributed by atoms with Gasteiger partial charge in [0.1, 0.15) is 0 Å². The van der Waals surface area contributed by atoms with E-state index in [1.54, 1.807) is 6.92 Å². The van der Waals surface area contributed by atoms with Gasteiger partial charge in [-0.05, 0) is 78.7 Å². The molecular weight excluding hydrogens is 436 g/mol. The highest BCUT2D eigenvalue weighted by Gasteiger charge is 2.41. The van der Waals surface area contributed by atoms with Gasteiger partial charge in [0.05, 0.1) is 18.9 Å². The van der Waals surface area contributed by atoms with E-state index in [0.717, 1.165) is 37.2 Å². The van der Waals surface area contributed by atoms with Crippen LogP contribution < -0.4 is 10.2 Å². The van der Waals surface area contributed by atoms with Crippen LogP contribution in [0.4, 0.5) is 5.69 Å². The molecule has 0 radical (unpaired) electrons. The number of hydrogen-bond donors (Lipinski definition) is 1. The molecule has 2 heterocycles. The van der Waals surface area contributed by atoms with Gasteiger partial charge < -0.3 is 15.0 Å². The predicted octanol–water partition coefficient (Wildman–Crippen LogP) is 5.32. The van der Waals surface area contributed by atoms with Crippen LogP contribution in [0.15, 0.2) is 60.7 Å². The average Bonchev–Trinajstić information content (AvgIpc) is 3.35. The number of benzene rings is 3. The van der Waals surface area contributed by atoms with E-state index in [1.165, 1.54) is 28.3 Å². The first-order chi connectivity index (χ1) is 17.1. The summed E-state index contributed by atoms with van der Waals surface area (Å²) < 4.78 is 5.03. The van der Waals surface area contributed by atoms with Gasteiger partial charge in [-0.25, -0.2) is 0 Å². The first-order valence-corrected chi connectivity index (χ1v) is 12.9. The number of carbonyl (C=O) groups excluding carboxylic acids is 2. The van der Waals surface area contributed by atoms with Crippen molar-refractivity contribution in [3.63, 3.8) is 0 Å². The number of para-hydroxylation sites is 1. The van der Waals surface area contributed by atoms with Crippen LogP contribution in [0.25, 0.3) is 10.8 Å². The molecule has 1 aliphatic carbocycles. The van der Waals surface area contributed by atoms with Crippen LogP contribution in [0.3, 0.4) is 0 Å². The molecule has 0 bridgehead atoms. The average molecular weight is 471 g/mol. The van der Waals surface area contributed by atoms with E-state index in [1.807, 2.05) is 29.2 Å². The van der Waals surface area contributed by atoms with Gasteiger partial charge in [-0.1, -0.05) is 61.5 Å². The summed E-state index contributed by atoms with van der Waals surface area (Å²) in [5.41, 5.74) is 4.99. The summed E-state index contributed by atoms with van der Waals surface area (Å²) in [4.78, 5) is 26.7. The first kappa shape index (κ1) is 23.6. The van der Waals surface area contributed by atoms with Gasteiger partial charge in [0.2, 0.25) is 5.91 Å². The Morgan fingerprint density at radius 2 is 1.71 bits per heavy atom. The van der Waals surface area contributed by atoms with Crippen LogP contribution in [0.2, 0.25) is 0 Å². The lowest BCUT2D eigenvalue weighted by Crippen LogP contribution is -2.45. The summed E-state index contributed by atoms with van der Waals surface area (Å²) in [6.45, 7) is 6.30. The van der Waals surface area contributed by atoms with Crippen molar-refractivity contribution in [2.75, 3.05) is 24.6 Å². The molecule has 1 fully saturated rings. The summed E-state index contributed by atoms with van der Waals surface area (Å²) in [7, 11) is 0. The molecule has 35 heavy (non-hydrogen) atoms. The van der Waals surface area contributed by atoms with Crippen LogP contribution in [0.5, 0.6) is 0 Å². The standard InChI is InChI=1S/C17H22N2O3.C13H12/c1-2-22-16(20)11-14-13-5-3-4-6-15(13)19(17(14)21)12-7-9-18-10-8-12;1-9-8-11-6-2-4-10-5-3-7-12(9)13(10)11/h3-6,12,14,18H,2,7-11H2,1H3;2-7,9H,8H2,1H3. The molecule has 3 aromatic rings. The summed E-state index contributed by atoms with van der Waals surface area (Å²) >= 11 is 0. The van der Waals surface area contributed by atoms with Gasteiger partial charge >= 0.3 is 5.97 Å². The SMILES string of the molecule is CC1Cc2cccc3cccc1c23.CCOC(=O)CC1C(=O)N(C2CCNCC2)c2ccccc21.